The second-order valence-corrected chi connectivity index (χ2v) is 8.82. The highest BCUT2D eigenvalue weighted by atomic mass is 32.2. The average molecular weight is 373 g/mol. The fourth-order valence-corrected chi connectivity index (χ4v) is 4.24. The van der Waals surface area contributed by atoms with E-state index in [-0.39, 0.29) is 30.0 Å². The summed E-state index contributed by atoms with van der Waals surface area (Å²) < 4.78 is 39.7. The molecule has 5 nitrogen and oxygen atoms in total. The summed E-state index contributed by atoms with van der Waals surface area (Å²) in [5.41, 5.74) is -0.113. The fourth-order valence-electron chi connectivity index (χ4n) is 3.03. The fraction of sp³-hybridized carbons (Fsp3) is 0.611. The van der Waals surface area contributed by atoms with Crippen molar-refractivity contribution in [1.82, 2.24) is 5.32 Å². The summed E-state index contributed by atoms with van der Waals surface area (Å²) >= 11 is 0. The van der Waals surface area contributed by atoms with Crippen LogP contribution >= 0.6 is 0 Å². The van der Waals surface area contributed by atoms with Crippen LogP contribution in [0.25, 0.3) is 0 Å². The monoisotopic (exact) mass is 372 g/mol. The number of hydrogen-bond acceptors (Lipinski definition) is 3. The summed E-state index contributed by atoms with van der Waals surface area (Å²) in [5, 5.41) is 2.94. The largest absolute Gasteiger partial charge is 0.351 e. The zero-order valence-corrected chi connectivity index (χ0v) is 16.6. The third-order valence-corrected chi connectivity index (χ3v) is 5.33. The second-order valence-electron chi connectivity index (χ2n) is 6.96. The SMILES string of the molecule is CCC(C(=O)NC(C(C)C)C(C)C)N(c1ccccc1F)S(C)(=O)=O. The maximum absolute atomic E-state index is 14.2. The number of sulfonamides is 1. The van der Waals surface area contributed by atoms with Crippen molar-refractivity contribution in [2.45, 2.75) is 53.1 Å². The number of nitrogens with zero attached hydrogens (tertiary/aromatic N) is 1. The molecule has 0 spiro atoms. The number of halogens is 1. The Morgan fingerprint density at radius 3 is 2.08 bits per heavy atom. The number of anilines is 1. The first-order valence-corrected chi connectivity index (χ1v) is 10.4. The van der Waals surface area contributed by atoms with Crippen molar-refractivity contribution in [3.8, 4) is 0 Å². The van der Waals surface area contributed by atoms with Crippen molar-refractivity contribution in [2.24, 2.45) is 11.8 Å². The van der Waals surface area contributed by atoms with Crippen LogP contribution in [0.1, 0.15) is 41.0 Å². The molecule has 0 aromatic heterocycles. The number of carbonyl (C=O) groups is 1. The van der Waals surface area contributed by atoms with Crippen LogP contribution in [0.5, 0.6) is 0 Å². The molecule has 1 aromatic carbocycles. The molecule has 0 heterocycles. The molecule has 0 aliphatic heterocycles. The summed E-state index contributed by atoms with van der Waals surface area (Å²) in [5.74, 6) is -0.699. The van der Waals surface area contributed by atoms with Gasteiger partial charge in [0.1, 0.15) is 11.9 Å². The van der Waals surface area contributed by atoms with Crippen molar-refractivity contribution < 1.29 is 17.6 Å². The first kappa shape index (κ1) is 21.4. The van der Waals surface area contributed by atoms with E-state index in [0.29, 0.717) is 0 Å². The minimum atomic E-state index is -3.84. The third kappa shape index (κ3) is 5.42. The molecular weight excluding hydrogens is 343 g/mol. The van der Waals surface area contributed by atoms with Crippen LogP contribution in [-0.4, -0.2) is 32.7 Å². The minimum Gasteiger partial charge on any atom is -0.351 e. The average Bonchev–Trinajstić information content (AvgIpc) is 2.49. The molecule has 0 aliphatic rings. The summed E-state index contributed by atoms with van der Waals surface area (Å²) in [7, 11) is -3.84. The number of hydrogen-bond donors (Lipinski definition) is 1. The molecule has 0 radical (unpaired) electrons. The Bertz CT molecular complexity index is 681. The van der Waals surface area contributed by atoms with Gasteiger partial charge in [-0.3, -0.25) is 9.10 Å². The van der Waals surface area contributed by atoms with Gasteiger partial charge in [0.15, 0.2) is 0 Å². The van der Waals surface area contributed by atoms with Crippen LogP contribution in [0.3, 0.4) is 0 Å². The highest BCUT2D eigenvalue weighted by Gasteiger charge is 2.34. The lowest BCUT2D eigenvalue weighted by Gasteiger charge is -2.33. The van der Waals surface area contributed by atoms with Gasteiger partial charge in [-0.05, 0) is 30.4 Å². The molecule has 0 fully saturated rings. The maximum Gasteiger partial charge on any atom is 0.244 e. The quantitative estimate of drug-likeness (QED) is 0.762. The predicted octanol–water partition coefficient (Wildman–Crippen LogP) is 3.17. The highest BCUT2D eigenvalue weighted by molar-refractivity contribution is 7.92. The van der Waals surface area contributed by atoms with Gasteiger partial charge < -0.3 is 5.32 Å². The Morgan fingerprint density at radius 2 is 1.68 bits per heavy atom. The summed E-state index contributed by atoms with van der Waals surface area (Å²) in [6, 6.07) is 4.48. The molecule has 0 bridgehead atoms. The summed E-state index contributed by atoms with van der Waals surface area (Å²) in [4.78, 5) is 12.8. The van der Waals surface area contributed by atoms with Gasteiger partial charge in [-0.2, -0.15) is 0 Å². The molecule has 1 N–H and O–H groups in total. The molecule has 1 amide bonds. The van der Waals surface area contributed by atoms with Gasteiger partial charge in [-0.15, -0.1) is 0 Å². The van der Waals surface area contributed by atoms with Crippen LogP contribution < -0.4 is 9.62 Å². The summed E-state index contributed by atoms with van der Waals surface area (Å²) in [6.07, 6.45) is 1.22. The van der Waals surface area contributed by atoms with Crippen LogP contribution in [0.4, 0.5) is 10.1 Å². The van der Waals surface area contributed by atoms with Crippen molar-refractivity contribution in [3.63, 3.8) is 0 Å². The minimum absolute atomic E-state index is 0.0939. The molecule has 1 atom stereocenters. The Labute approximate surface area is 150 Å². The van der Waals surface area contributed by atoms with E-state index in [1.807, 2.05) is 27.7 Å². The van der Waals surface area contributed by atoms with Gasteiger partial charge in [0.2, 0.25) is 15.9 Å². The van der Waals surface area contributed by atoms with Crippen molar-refractivity contribution in [3.05, 3.63) is 30.1 Å². The molecule has 1 rings (SSSR count). The molecule has 142 valence electrons. The lowest BCUT2D eigenvalue weighted by molar-refractivity contribution is -0.123. The first-order chi connectivity index (χ1) is 11.5. The van der Waals surface area contributed by atoms with E-state index in [4.69, 9.17) is 0 Å². The molecule has 7 heteroatoms. The Balaban J connectivity index is 3.27. The normalized spacial score (nSPS) is 13.4. The lowest BCUT2D eigenvalue weighted by Crippen LogP contribution is -2.53. The van der Waals surface area contributed by atoms with Gasteiger partial charge in [0.25, 0.3) is 0 Å². The highest BCUT2D eigenvalue weighted by Crippen LogP contribution is 2.26. The number of para-hydroxylation sites is 1. The van der Waals surface area contributed by atoms with Gasteiger partial charge in [-0.1, -0.05) is 46.8 Å². The number of benzene rings is 1. The lowest BCUT2D eigenvalue weighted by atomic mass is 9.93. The van der Waals surface area contributed by atoms with Crippen LogP contribution in [0, 0.1) is 17.7 Å². The number of carbonyl (C=O) groups excluding carboxylic acids is 1. The molecule has 0 aliphatic carbocycles. The Morgan fingerprint density at radius 1 is 1.16 bits per heavy atom. The van der Waals surface area contributed by atoms with E-state index in [1.54, 1.807) is 13.0 Å². The standard InChI is InChI=1S/C18H29FN2O3S/c1-7-15(18(22)20-17(12(2)3)13(4)5)21(25(6,23)24)16-11-9-8-10-14(16)19/h8-13,15,17H,7H2,1-6H3,(H,20,22). The molecule has 1 unspecified atom stereocenters. The van der Waals surface area contributed by atoms with Crippen LogP contribution in [-0.2, 0) is 14.8 Å². The van der Waals surface area contributed by atoms with Crippen molar-refractivity contribution in [1.29, 1.82) is 0 Å². The molecule has 1 aromatic rings. The molecule has 25 heavy (non-hydrogen) atoms. The number of rotatable bonds is 8. The Hall–Kier alpha value is -1.63. The first-order valence-electron chi connectivity index (χ1n) is 8.55. The molecular formula is C18H29FN2O3S. The van der Waals surface area contributed by atoms with E-state index in [0.717, 1.165) is 10.6 Å². The van der Waals surface area contributed by atoms with Crippen molar-refractivity contribution in [2.75, 3.05) is 10.6 Å². The topological polar surface area (TPSA) is 66.5 Å². The van der Waals surface area contributed by atoms with E-state index in [9.17, 15) is 17.6 Å². The molecule has 0 saturated carbocycles. The zero-order valence-electron chi connectivity index (χ0n) is 15.8. The van der Waals surface area contributed by atoms with Gasteiger partial charge >= 0.3 is 0 Å². The van der Waals surface area contributed by atoms with Gasteiger partial charge in [-0.25, -0.2) is 12.8 Å². The smallest absolute Gasteiger partial charge is 0.244 e. The van der Waals surface area contributed by atoms with Crippen LogP contribution in [0.15, 0.2) is 24.3 Å². The second kappa shape index (κ2) is 8.65. The van der Waals surface area contributed by atoms with E-state index in [1.165, 1.54) is 18.2 Å². The van der Waals surface area contributed by atoms with E-state index < -0.39 is 27.8 Å². The third-order valence-electron chi connectivity index (χ3n) is 4.17. The maximum atomic E-state index is 14.2. The van der Waals surface area contributed by atoms with Crippen LogP contribution in [0.2, 0.25) is 0 Å². The predicted molar refractivity (Wildman–Crippen MR) is 99.4 cm³/mol. The molecule has 0 saturated heterocycles. The van der Waals surface area contributed by atoms with Gasteiger partial charge in [0, 0.05) is 6.04 Å². The van der Waals surface area contributed by atoms with E-state index in [2.05, 4.69) is 5.32 Å². The Kier molecular flexibility index (Phi) is 7.41. The van der Waals surface area contributed by atoms with Crippen molar-refractivity contribution >= 4 is 21.6 Å². The number of nitrogens with one attached hydrogen (secondary N) is 1. The van der Waals surface area contributed by atoms with Gasteiger partial charge in [0.05, 0.1) is 11.9 Å². The summed E-state index contributed by atoms with van der Waals surface area (Å²) in [6.45, 7) is 9.70. The van der Waals surface area contributed by atoms with E-state index >= 15 is 0 Å². The number of amides is 1. The zero-order chi connectivity index (χ0) is 19.4.